The first-order valence-electron chi connectivity index (χ1n) is 5.16. The molecule has 3 nitrogen and oxygen atoms in total. The lowest BCUT2D eigenvalue weighted by Gasteiger charge is -2.15. The standard InChI is InChI=1S/C12H13ClN2O/c1-3-15(13)12-8(2)7-9-5-4-6-10(16)11(9)14-12/h4-7,16H,3H2,1-2H3. The number of aromatic hydroxyl groups is 1. The third-order valence-electron chi connectivity index (χ3n) is 2.50. The first kappa shape index (κ1) is 11.0. The van der Waals surface area contributed by atoms with Crippen LogP contribution in [0.1, 0.15) is 12.5 Å². The summed E-state index contributed by atoms with van der Waals surface area (Å²) in [6.07, 6.45) is 0. The minimum Gasteiger partial charge on any atom is -0.506 e. The number of halogens is 1. The third kappa shape index (κ3) is 1.78. The van der Waals surface area contributed by atoms with E-state index in [0.29, 0.717) is 17.9 Å². The fourth-order valence-electron chi connectivity index (χ4n) is 1.67. The van der Waals surface area contributed by atoms with Crippen molar-refractivity contribution in [3.05, 3.63) is 29.8 Å². The number of phenolic OH excluding ortho intramolecular Hbond substituents is 1. The van der Waals surface area contributed by atoms with Gasteiger partial charge in [-0.05, 0) is 31.5 Å². The number of phenols is 1. The SMILES string of the molecule is CCN(Cl)c1nc2c(O)cccc2cc1C. The molecule has 2 aromatic rings. The number of fused-ring (bicyclic) bond motifs is 1. The summed E-state index contributed by atoms with van der Waals surface area (Å²) in [7, 11) is 0. The molecule has 1 aromatic heterocycles. The normalized spacial score (nSPS) is 10.7. The van der Waals surface area contributed by atoms with Crippen LogP contribution in [0.3, 0.4) is 0 Å². The summed E-state index contributed by atoms with van der Waals surface area (Å²) in [5, 5.41) is 10.6. The lowest BCUT2D eigenvalue weighted by atomic mass is 10.1. The highest BCUT2D eigenvalue weighted by Crippen LogP contribution is 2.28. The summed E-state index contributed by atoms with van der Waals surface area (Å²) in [6, 6.07) is 7.32. The molecule has 0 bridgehead atoms. The lowest BCUT2D eigenvalue weighted by molar-refractivity contribution is 0.480. The van der Waals surface area contributed by atoms with Crippen LogP contribution in [0.4, 0.5) is 5.82 Å². The Hall–Kier alpha value is -1.48. The van der Waals surface area contributed by atoms with Gasteiger partial charge in [-0.2, -0.15) is 0 Å². The van der Waals surface area contributed by atoms with Gasteiger partial charge >= 0.3 is 0 Å². The molecule has 0 saturated heterocycles. The Labute approximate surface area is 99.4 Å². The Kier molecular flexibility index (Phi) is 2.88. The topological polar surface area (TPSA) is 36.4 Å². The van der Waals surface area contributed by atoms with Gasteiger partial charge in [-0.15, -0.1) is 0 Å². The molecule has 0 fully saturated rings. The Morgan fingerprint density at radius 1 is 1.44 bits per heavy atom. The smallest absolute Gasteiger partial charge is 0.146 e. The molecule has 4 heteroatoms. The van der Waals surface area contributed by atoms with Crippen molar-refractivity contribution in [1.82, 2.24) is 4.98 Å². The molecular formula is C12H13ClN2O. The van der Waals surface area contributed by atoms with E-state index >= 15 is 0 Å². The third-order valence-corrected chi connectivity index (χ3v) is 2.89. The van der Waals surface area contributed by atoms with Gasteiger partial charge in [0.2, 0.25) is 0 Å². The van der Waals surface area contributed by atoms with Gasteiger partial charge in [-0.25, -0.2) is 4.98 Å². The molecule has 1 aromatic carbocycles. The monoisotopic (exact) mass is 236 g/mol. The molecule has 0 saturated carbocycles. The van der Waals surface area contributed by atoms with E-state index in [4.69, 9.17) is 11.8 Å². The molecule has 0 unspecified atom stereocenters. The molecule has 1 heterocycles. The number of anilines is 1. The van der Waals surface area contributed by atoms with Crippen LogP contribution >= 0.6 is 11.8 Å². The number of rotatable bonds is 2. The van der Waals surface area contributed by atoms with E-state index in [-0.39, 0.29) is 5.75 Å². The first-order chi connectivity index (χ1) is 7.63. The average molecular weight is 237 g/mol. The molecule has 0 aliphatic carbocycles. The highest BCUT2D eigenvalue weighted by atomic mass is 35.5. The Morgan fingerprint density at radius 2 is 2.19 bits per heavy atom. The van der Waals surface area contributed by atoms with Gasteiger partial charge in [0.25, 0.3) is 0 Å². The second-order valence-electron chi connectivity index (χ2n) is 3.66. The Bertz CT molecular complexity index is 528. The number of para-hydroxylation sites is 1. The zero-order chi connectivity index (χ0) is 11.7. The number of hydrogen-bond donors (Lipinski definition) is 1. The quantitative estimate of drug-likeness (QED) is 0.814. The summed E-state index contributed by atoms with van der Waals surface area (Å²) in [5.74, 6) is 0.873. The number of aryl methyl sites for hydroxylation is 1. The van der Waals surface area contributed by atoms with E-state index in [1.54, 1.807) is 16.6 Å². The Balaban J connectivity index is 2.69. The van der Waals surface area contributed by atoms with E-state index < -0.39 is 0 Å². The van der Waals surface area contributed by atoms with Crippen molar-refractivity contribution in [2.24, 2.45) is 0 Å². The maximum Gasteiger partial charge on any atom is 0.146 e. The van der Waals surface area contributed by atoms with Crippen LogP contribution in [0.5, 0.6) is 5.75 Å². The van der Waals surface area contributed by atoms with Gasteiger partial charge in [-0.1, -0.05) is 12.1 Å². The second kappa shape index (κ2) is 4.18. The first-order valence-corrected chi connectivity index (χ1v) is 5.50. The number of hydrogen-bond acceptors (Lipinski definition) is 3. The van der Waals surface area contributed by atoms with Gasteiger partial charge < -0.3 is 5.11 Å². The van der Waals surface area contributed by atoms with E-state index in [9.17, 15) is 5.11 Å². The molecule has 0 amide bonds. The van der Waals surface area contributed by atoms with Gasteiger partial charge in [-0.3, -0.25) is 4.42 Å². The fourth-order valence-corrected chi connectivity index (χ4v) is 1.85. The van der Waals surface area contributed by atoms with E-state index in [2.05, 4.69) is 4.98 Å². The van der Waals surface area contributed by atoms with Crippen LogP contribution < -0.4 is 4.42 Å². The number of nitrogens with zero attached hydrogens (tertiary/aromatic N) is 2. The van der Waals surface area contributed by atoms with Gasteiger partial charge in [0.15, 0.2) is 0 Å². The molecule has 0 aliphatic rings. The predicted octanol–water partition coefficient (Wildman–Crippen LogP) is 3.23. The largest absolute Gasteiger partial charge is 0.506 e. The number of aromatic nitrogens is 1. The van der Waals surface area contributed by atoms with Crippen molar-refractivity contribution in [2.45, 2.75) is 13.8 Å². The summed E-state index contributed by atoms with van der Waals surface area (Å²) in [6.45, 7) is 4.56. The lowest BCUT2D eigenvalue weighted by Crippen LogP contribution is -2.11. The van der Waals surface area contributed by atoms with Gasteiger partial charge in [0.1, 0.15) is 17.1 Å². The second-order valence-corrected chi connectivity index (χ2v) is 4.06. The number of pyridine rings is 1. The van der Waals surface area contributed by atoms with Crippen molar-refractivity contribution >= 4 is 28.5 Å². The minimum absolute atomic E-state index is 0.180. The van der Waals surface area contributed by atoms with Crippen LogP contribution in [0.15, 0.2) is 24.3 Å². The molecule has 0 atom stereocenters. The van der Waals surface area contributed by atoms with Crippen LogP contribution in [0.2, 0.25) is 0 Å². The van der Waals surface area contributed by atoms with Crippen molar-refractivity contribution < 1.29 is 5.11 Å². The molecule has 0 aliphatic heterocycles. The highest BCUT2D eigenvalue weighted by Gasteiger charge is 2.10. The fraction of sp³-hybridized carbons (Fsp3) is 0.250. The molecular weight excluding hydrogens is 224 g/mol. The summed E-state index contributed by atoms with van der Waals surface area (Å²) >= 11 is 6.04. The average Bonchev–Trinajstić information content (AvgIpc) is 2.28. The van der Waals surface area contributed by atoms with E-state index in [1.807, 2.05) is 26.0 Å². The number of benzene rings is 1. The van der Waals surface area contributed by atoms with Crippen LogP contribution in [-0.4, -0.2) is 16.6 Å². The van der Waals surface area contributed by atoms with Gasteiger partial charge in [0.05, 0.1) is 0 Å². The minimum atomic E-state index is 0.180. The molecule has 0 spiro atoms. The molecule has 2 rings (SSSR count). The zero-order valence-corrected chi connectivity index (χ0v) is 9.99. The summed E-state index contributed by atoms with van der Waals surface area (Å²) < 4.78 is 1.54. The van der Waals surface area contributed by atoms with Crippen LogP contribution in [0, 0.1) is 6.92 Å². The van der Waals surface area contributed by atoms with Crippen molar-refractivity contribution in [1.29, 1.82) is 0 Å². The van der Waals surface area contributed by atoms with Crippen molar-refractivity contribution in [3.8, 4) is 5.75 Å². The maximum atomic E-state index is 9.72. The summed E-state index contributed by atoms with van der Waals surface area (Å²) in [4.78, 5) is 4.39. The van der Waals surface area contributed by atoms with Gasteiger partial charge in [0, 0.05) is 23.7 Å². The van der Waals surface area contributed by atoms with E-state index in [1.165, 1.54) is 0 Å². The van der Waals surface area contributed by atoms with Crippen LogP contribution in [-0.2, 0) is 0 Å². The summed E-state index contributed by atoms with van der Waals surface area (Å²) in [5.41, 5.74) is 1.58. The zero-order valence-electron chi connectivity index (χ0n) is 9.24. The van der Waals surface area contributed by atoms with Crippen LogP contribution in [0.25, 0.3) is 10.9 Å². The highest BCUT2D eigenvalue weighted by molar-refractivity contribution is 6.25. The maximum absolute atomic E-state index is 9.72. The van der Waals surface area contributed by atoms with Crippen molar-refractivity contribution in [3.63, 3.8) is 0 Å². The van der Waals surface area contributed by atoms with Crippen molar-refractivity contribution in [2.75, 3.05) is 11.0 Å². The predicted molar refractivity (Wildman–Crippen MR) is 67.0 cm³/mol. The molecule has 1 N–H and O–H groups in total. The molecule has 84 valence electrons. The van der Waals surface area contributed by atoms with E-state index in [0.717, 1.165) is 10.9 Å². The Morgan fingerprint density at radius 3 is 2.88 bits per heavy atom. The molecule has 0 radical (unpaired) electrons. The molecule has 16 heavy (non-hydrogen) atoms.